The molecule has 74 valence electrons. The molecule has 1 saturated heterocycles. The fourth-order valence-corrected chi connectivity index (χ4v) is 3.13. The summed E-state index contributed by atoms with van der Waals surface area (Å²) in [6.45, 7) is 0. The van der Waals surface area contributed by atoms with Crippen molar-refractivity contribution >= 4 is 62.1 Å². The molecular formula is C7H4BrClN2OS2. The summed E-state index contributed by atoms with van der Waals surface area (Å²) in [5.74, 6) is -0.139. The standard InChI is InChI=1S/C7H4BrClN2OS2/c8-2-1-3(14-5(2)9)4-6(12)11-7(13)10-4/h1,4H,(H2,10,11,12,13). The normalized spacial score (nSPS) is 20.9. The van der Waals surface area contributed by atoms with Gasteiger partial charge in [0.25, 0.3) is 5.91 Å². The highest BCUT2D eigenvalue weighted by molar-refractivity contribution is 9.10. The van der Waals surface area contributed by atoms with Crippen LogP contribution in [0.5, 0.6) is 0 Å². The summed E-state index contributed by atoms with van der Waals surface area (Å²) in [6.07, 6.45) is 0. The Hall–Kier alpha value is -0.170. The first-order valence-electron chi connectivity index (χ1n) is 3.64. The Kier molecular flexibility index (Phi) is 2.79. The Balaban J connectivity index is 2.31. The maximum atomic E-state index is 11.4. The molecule has 1 aliphatic rings. The second kappa shape index (κ2) is 3.77. The molecule has 0 aliphatic carbocycles. The molecule has 0 aromatic carbocycles. The molecule has 0 saturated carbocycles. The largest absolute Gasteiger partial charge is 0.346 e. The van der Waals surface area contributed by atoms with E-state index in [0.29, 0.717) is 9.45 Å². The smallest absolute Gasteiger partial charge is 0.254 e. The van der Waals surface area contributed by atoms with Crippen LogP contribution in [0, 0.1) is 0 Å². The quantitative estimate of drug-likeness (QED) is 0.781. The van der Waals surface area contributed by atoms with Gasteiger partial charge in [-0.15, -0.1) is 11.3 Å². The number of nitrogens with one attached hydrogen (secondary N) is 2. The maximum Gasteiger partial charge on any atom is 0.254 e. The number of thiophene rings is 1. The molecule has 1 unspecified atom stereocenters. The summed E-state index contributed by atoms with van der Waals surface area (Å²) in [5.41, 5.74) is 0. The maximum absolute atomic E-state index is 11.4. The van der Waals surface area contributed by atoms with E-state index in [2.05, 4.69) is 26.6 Å². The SMILES string of the molecule is O=C1NC(=S)NC1c1cc(Br)c(Cl)s1. The van der Waals surface area contributed by atoms with Crippen molar-refractivity contribution in [2.45, 2.75) is 6.04 Å². The number of rotatable bonds is 1. The van der Waals surface area contributed by atoms with E-state index >= 15 is 0 Å². The molecule has 0 radical (unpaired) electrons. The topological polar surface area (TPSA) is 41.1 Å². The van der Waals surface area contributed by atoms with Crippen molar-refractivity contribution in [3.05, 3.63) is 19.8 Å². The van der Waals surface area contributed by atoms with Crippen LogP contribution in [0.2, 0.25) is 4.34 Å². The Morgan fingerprint density at radius 2 is 2.36 bits per heavy atom. The number of halogens is 2. The fourth-order valence-electron chi connectivity index (χ4n) is 1.12. The first-order valence-corrected chi connectivity index (χ1v) is 6.03. The Labute approximate surface area is 103 Å². The average Bonchev–Trinajstić information content (AvgIpc) is 2.57. The number of hydrogen-bond acceptors (Lipinski definition) is 3. The van der Waals surface area contributed by atoms with E-state index in [9.17, 15) is 4.79 Å². The molecule has 1 fully saturated rings. The molecule has 1 amide bonds. The van der Waals surface area contributed by atoms with Gasteiger partial charge in [-0.1, -0.05) is 11.6 Å². The third-order valence-corrected chi connectivity index (χ3v) is 4.48. The van der Waals surface area contributed by atoms with Crippen molar-refractivity contribution in [1.82, 2.24) is 10.6 Å². The van der Waals surface area contributed by atoms with Gasteiger partial charge in [0.2, 0.25) is 0 Å². The number of hydrogen-bond donors (Lipinski definition) is 2. The van der Waals surface area contributed by atoms with Crippen LogP contribution >= 0.6 is 51.1 Å². The highest BCUT2D eigenvalue weighted by atomic mass is 79.9. The van der Waals surface area contributed by atoms with Gasteiger partial charge < -0.3 is 10.6 Å². The zero-order valence-corrected chi connectivity index (χ0v) is 10.6. The highest BCUT2D eigenvalue weighted by Crippen LogP contribution is 2.35. The lowest BCUT2D eigenvalue weighted by Gasteiger charge is -2.02. The van der Waals surface area contributed by atoms with Crippen molar-refractivity contribution in [3.8, 4) is 0 Å². The van der Waals surface area contributed by atoms with Crippen LogP contribution in [0.15, 0.2) is 10.5 Å². The van der Waals surface area contributed by atoms with Gasteiger partial charge in [0.15, 0.2) is 5.11 Å². The molecule has 2 heterocycles. The van der Waals surface area contributed by atoms with Crippen molar-refractivity contribution < 1.29 is 4.79 Å². The molecule has 1 aromatic rings. The van der Waals surface area contributed by atoms with Gasteiger partial charge in [0.1, 0.15) is 10.4 Å². The van der Waals surface area contributed by atoms with Crippen LogP contribution < -0.4 is 10.6 Å². The molecule has 3 nitrogen and oxygen atoms in total. The first kappa shape index (κ1) is 10.4. The second-order valence-corrected chi connectivity index (χ2v) is 5.61. The third-order valence-electron chi connectivity index (χ3n) is 1.72. The molecule has 1 aromatic heterocycles. The zero-order valence-electron chi connectivity index (χ0n) is 6.64. The van der Waals surface area contributed by atoms with Crippen molar-refractivity contribution in [2.75, 3.05) is 0 Å². The van der Waals surface area contributed by atoms with Crippen LogP contribution in [-0.4, -0.2) is 11.0 Å². The molecule has 2 rings (SSSR count). The minimum Gasteiger partial charge on any atom is -0.346 e. The van der Waals surface area contributed by atoms with Crippen molar-refractivity contribution in [1.29, 1.82) is 0 Å². The molecule has 1 atom stereocenters. The van der Waals surface area contributed by atoms with Crippen molar-refractivity contribution in [2.24, 2.45) is 0 Å². The summed E-state index contributed by atoms with van der Waals surface area (Å²) < 4.78 is 1.43. The van der Waals surface area contributed by atoms with E-state index in [1.54, 1.807) is 0 Å². The van der Waals surface area contributed by atoms with E-state index in [0.717, 1.165) is 9.35 Å². The minimum absolute atomic E-state index is 0.139. The van der Waals surface area contributed by atoms with Crippen LogP contribution in [0.3, 0.4) is 0 Å². The Morgan fingerprint density at radius 1 is 1.64 bits per heavy atom. The van der Waals surface area contributed by atoms with Crippen LogP contribution in [0.25, 0.3) is 0 Å². The molecule has 14 heavy (non-hydrogen) atoms. The van der Waals surface area contributed by atoms with Gasteiger partial charge in [-0.3, -0.25) is 4.79 Å². The molecule has 0 bridgehead atoms. The summed E-state index contributed by atoms with van der Waals surface area (Å²) in [5, 5.41) is 5.75. The summed E-state index contributed by atoms with van der Waals surface area (Å²) in [4.78, 5) is 12.2. The lowest BCUT2D eigenvalue weighted by molar-refractivity contribution is -0.120. The van der Waals surface area contributed by atoms with E-state index in [-0.39, 0.29) is 5.91 Å². The van der Waals surface area contributed by atoms with Gasteiger partial charge in [-0.05, 0) is 34.2 Å². The average molecular weight is 312 g/mol. The van der Waals surface area contributed by atoms with Gasteiger partial charge in [-0.2, -0.15) is 0 Å². The summed E-state index contributed by atoms with van der Waals surface area (Å²) in [7, 11) is 0. The van der Waals surface area contributed by atoms with Gasteiger partial charge in [0.05, 0.1) is 0 Å². The van der Waals surface area contributed by atoms with Gasteiger partial charge >= 0.3 is 0 Å². The Bertz CT molecular complexity index is 400. The number of amides is 1. The van der Waals surface area contributed by atoms with E-state index in [4.69, 9.17) is 23.8 Å². The van der Waals surface area contributed by atoms with E-state index < -0.39 is 6.04 Å². The van der Waals surface area contributed by atoms with Crippen LogP contribution in [0.4, 0.5) is 0 Å². The van der Waals surface area contributed by atoms with Gasteiger partial charge in [0, 0.05) is 9.35 Å². The lowest BCUT2D eigenvalue weighted by atomic mass is 10.2. The predicted octanol–water partition coefficient (Wildman–Crippen LogP) is 2.21. The highest BCUT2D eigenvalue weighted by Gasteiger charge is 2.30. The lowest BCUT2D eigenvalue weighted by Crippen LogP contribution is -2.21. The predicted molar refractivity (Wildman–Crippen MR) is 63.6 cm³/mol. The third kappa shape index (κ3) is 1.79. The number of carbonyl (C=O) groups excluding carboxylic acids is 1. The molecular weight excluding hydrogens is 308 g/mol. The van der Waals surface area contributed by atoms with Crippen LogP contribution in [-0.2, 0) is 4.79 Å². The van der Waals surface area contributed by atoms with E-state index in [1.807, 2.05) is 6.07 Å². The van der Waals surface area contributed by atoms with E-state index in [1.165, 1.54) is 11.3 Å². The van der Waals surface area contributed by atoms with Crippen molar-refractivity contribution in [3.63, 3.8) is 0 Å². The Morgan fingerprint density at radius 3 is 2.79 bits per heavy atom. The molecule has 0 spiro atoms. The monoisotopic (exact) mass is 310 g/mol. The number of carbonyl (C=O) groups is 1. The fraction of sp³-hybridized carbons (Fsp3) is 0.143. The van der Waals surface area contributed by atoms with Crippen LogP contribution in [0.1, 0.15) is 10.9 Å². The van der Waals surface area contributed by atoms with Gasteiger partial charge in [-0.25, -0.2) is 0 Å². The first-order chi connectivity index (χ1) is 6.58. The molecule has 1 aliphatic heterocycles. The minimum atomic E-state index is -0.406. The summed E-state index contributed by atoms with van der Waals surface area (Å²) in [6, 6.07) is 1.41. The number of thiocarbonyl (C=S) groups is 1. The molecule has 7 heteroatoms. The molecule has 2 N–H and O–H groups in total. The summed E-state index contributed by atoms with van der Waals surface area (Å²) >= 11 is 15.3. The second-order valence-electron chi connectivity index (χ2n) is 2.67. The zero-order chi connectivity index (χ0) is 10.3.